The van der Waals surface area contributed by atoms with Crippen molar-refractivity contribution in [2.24, 2.45) is 0 Å². The van der Waals surface area contributed by atoms with Crippen LogP contribution in [0.1, 0.15) is 38.1 Å². The van der Waals surface area contributed by atoms with Crippen molar-refractivity contribution in [3.8, 4) is 0 Å². The van der Waals surface area contributed by atoms with Crippen LogP contribution in [-0.2, 0) is 11.2 Å². The van der Waals surface area contributed by atoms with Gasteiger partial charge in [-0.15, -0.1) is 0 Å². The molecule has 0 aliphatic carbocycles. The van der Waals surface area contributed by atoms with Crippen LogP contribution in [0.4, 0.5) is 11.6 Å². The minimum atomic E-state index is 0.241. The molecule has 100 valence electrons. The predicted molar refractivity (Wildman–Crippen MR) is 72.6 cm³/mol. The minimum absolute atomic E-state index is 0.241. The lowest BCUT2D eigenvalue weighted by molar-refractivity contribution is 0.0995. The number of anilines is 2. The fourth-order valence-electron chi connectivity index (χ4n) is 2.19. The van der Waals surface area contributed by atoms with Crippen LogP contribution in [0.2, 0.25) is 0 Å². The van der Waals surface area contributed by atoms with Gasteiger partial charge in [0.05, 0.1) is 12.1 Å². The summed E-state index contributed by atoms with van der Waals surface area (Å²) in [6, 6.07) is 0.241. The van der Waals surface area contributed by atoms with E-state index >= 15 is 0 Å². The standard InChI is InChI=1S/C13H22N4O/c1-4-11-16-12(14)8(2)13(17-11)15-9(3)10-6-5-7-18-10/h9-10H,4-7H2,1-3H3,(H3,14,15,16,17). The van der Waals surface area contributed by atoms with Gasteiger partial charge < -0.3 is 15.8 Å². The third-order valence-corrected chi connectivity index (χ3v) is 3.43. The lowest BCUT2D eigenvalue weighted by Gasteiger charge is -2.22. The molecule has 5 heteroatoms. The zero-order valence-electron chi connectivity index (χ0n) is 11.4. The van der Waals surface area contributed by atoms with E-state index in [0.717, 1.165) is 43.1 Å². The average Bonchev–Trinajstić information content (AvgIpc) is 2.88. The highest BCUT2D eigenvalue weighted by molar-refractivity contribution is 5.55. The monoisotopic (exact) mass is 250 g/mol. The molecule has 3 N–H and O–H groups in total. The molecular weight excluding hydrogens is 228 g/mol. The molecule has 2 atom stereocenters. The smallest absolute Gasteiger partial charge is 0.135 e. The van der Waals surface area contributed by atoms with Crippen LogP contribution in [-0.4, -0.2) is 28.7 Å². The van der Waals surface area contributed by atoms with E-state index in [0.29, 0.717) is 5.82 Å². The number of ether oxygens (including phenoxy) is 1. The van der Waals surface area contributed by atoms with Crippen LogP contribution in [0, 0.1) is 6.92 Å². The van der Waals surface area contributed by atoms with Crippen LogP contribution in [0.15, 0.2) is 0 Å². The van der Waals surface area contributed by atoms with Crippen LogP contribution >= 0.6 is 0 Å². The summed E-state index contributed by atoms with van der Waals surface area (Å²) in [6.07, 6.45) is 3.30. The number of aromatic nitrogens is 2. The Morgan fingerprint density at radius 3 is 2.89 bits per heavy atom. The van der Waals surface area contributed by atoms with Crippen molar-refractivity contribution >= 4 is 11.6 Å². The van der Waals surface area contributed by atoms with Crippen molar-refractivity contribution in [1.82, 2.24) is 9.97 Å². The maximum absolute atomic E-state index is 5.90. The maximum atomic E-state index is 5.90. The molecule has 0 spiro atoms. The maximum Gasteiger partial charge on any atom is 0.135 e. The number of nitrogens with zero attached hydrogens (tertiary/aromatic N) is 2. The summed E-state index contributed by atoms with van der Waals surface area (Å²) in [7, 11) is 0. The third-order valence-electron chi connectivity index (χ3n) is 3.43. The van der Waals surface area contributed by atoms with E-state index in [1.165, 1.54) is 0 Å². The van der Waals surface area contributed by atoms with Gasteiger partial charge in [0.25, 0.3) is 0 Å². The lowest BCUT2D eigenvalue weighted by Crippen LogP contribution is -2.31. The molecule has 1 aromatic rings. The Labute approximate surface area is 108 Å². The molecule has 0 radical (unpaired) electrons. The molecule has 0 aromatic carbocycles. The quantitative estimate of drug-likeness (QED) is 0.854. The SMILES string of the molecule is CCc1nc(N)c(C)c(NC(C)C2CCCO2)n1. The second-order valence-electron chi connectivity index (χ2n) is 4.84. The molecule has 1 aliphatic rings. The molecular formula is C13H22N4O. The molecule has 2 rings (SSSR count). The molecule has 1 fully saturated rings. The van der Waals surface area contributed by atoms with Crippen LogP contribution < -0.4 is 11.1 Å². The van der Waals surface area contributed by atoms with Gasteiger partial charge in [0, 0.05) is 18.6 Å². The van der Waals surface area contributed by atoms with E-state index in [2.05, 4.69) is 22.2 Å². The number of nitrogens with one attached hydrogen (secondary N) is 1. The van der Waals surface area contributed by atoms with Gasteiger partial charge in [-0.05, 0) is 26.7 Å². The van der Waals surface area contributed by atoms with E-state index in [4.69, 9.17) is 10.5 Å². The molecule has 2 heterocycles. The average molecular weight is 250 g/mol. The van der Waals surface area contributed by atoms with Gasteiger partial charge in [-0.2, -0.15) is 0 Å². The fourth-order valence-corrected chi connectivity index (χ4v) is 2.19. The summed E-state index contributed by atoms with van der Waals surface area (Å²) in [4.78, 5) is 8.76. The second kappa shape index (κ2) is 5.52. The molecule has 1 aromatic heterocycles. The normalized spacial score (nSPS) is 20.9. The van der Waals surface area contributed by atoms with Gasteiger partial charge in [-0.25, -0.2) is 9.97 Å². The number of nitrogen functional groups attached to an aromatic ring is 1. The topological polar surface area (TPSA) is 73.1 Å². The van der Waals surface area contributed by atoms with Gasteiger partial charge in [0.2, 0.25) is 0 Å². The summed E-state index contributed by atoms with van der Waals surface area (Å²) >= 11 is 0. The number of hydrogen-bond acceptors (Lipinski definition) is 5. The zero-order valence-corrected chi connectivity index (χ0v) is 11.4. The molecule has 2 unspecified atom stereocenters. The van der Waals surface area contributed by atoms with Gasteiger partial charge in [0.1, 0.15) is 17.5 Å². The van der Waals surface area contributed by atoms with Crippen molar-refractivity contribution in [1.29, 1.82) is 0 Å². The van der Waals surface area contributed by atoms with Crippen molar-refractivity contribution in [3.05, 3.63) is 11.4 Å². The van der Waals surface area contributed by atoms with Gasteiger partial charge in [0.15, 0.2) is 0 Å². The van der Waals surface area contributed by atoms with E-state index in [1.807, 2.05) is 13.8 Å². The Kier molecular flexibility index (Phi) is 4.01. The first-order chi connectivity index (χ1) is 8.61. The molecule has 1 aliphatic heterocycles. The van der Waals surface area contributed by atoms with Crippen LogP contribution in [0.5, 0.6) is 0 Å². The molecule has 0 bridgehead atoms. The molecule has 0 saturated carbocycles. The highest BCUT2D eigenvalue weighted by atomic mass is 16.5. The van der Waals surface area contributed by atoms with Crippen molar-refractivity contribution in [3.63, 3.8) is 0 Å². The van der Waals surface area contributed by atoms with E-state index < -0.39 is 0 Å². The number of hydrogen-bond donors (Lipinski definition) is 2. The number of aryl methyl sites for hydroxylation is 1. The molecule has 0 amide bonds. The Balaban J connectivity index is 2.14. The summed E-state index contributed by atoms with van der Waals surface area (Å²) in [5, 5.41) is 3.41. The van der Waals surface area contributed by atoms with Crippen molar-refractivity contribution in [2.45, 2.75) is 52.2 Å². The van der Waals surface area contributed by atoms with Gasteiger partial charge in [-0.1, -0.05) is 6.92 Å². The molecule has 18 heavy (non-hydrogen) atoms. The van der Waals surface area contributed by atoms with E-state index in [9.17, 15) is 0 Å². The predicted octanol–water partition coefficient (Wildman–Crippen LogP) is 1.91. The lowest BCUT2D eigenvalue weighted by atomic mass is 10.1. The van der Waals surface area contributed by atoms with Crippen LogP contribution in [0.3, 0.4) is 0 Å². The Hall–Kier alpha value is -1.36. The summed E-state index contributed by atoms with van der Waals surface area (Å²) in [6.45, 7) is 6.96. The first kappa shape index (κ1) is 13.1. The van der Waals surface area contributed by atoms with Crippen molar-refractivity contribution < 1.29 is 4.74 Å². The highest BCUT2D eigenvalue weighted by Crippen LogP contribution is 2.22. The van der Waals surface area contributed by atoms with E-state index in [1.54, 1.807) is 0 Å². The first-order valence-corrected chi connectivity index (χ1v) is 6.63. The third kappa shape index (κ3) is 2.72. The molecule has 1 saturated heterocycles. The Morgan fingerprint density at radius 1 is 1.50 bits per heavy atom. The molecule has 5 nitrogen and oxygen atoms in total. The second-order valence-corrected chi connectivity index (χ2v) is 4.84. The fraction of sp³-hybridized carbons (Fsp3) is 0.692. The zero-order chi connectivity index (χ0) is 13.1. The largest absolute Gasteiger partial charge is 0.383 e. The van der Waals surface area contributed by atoms with Crippen molar-refractivity contribution in [2.75, 3.05) is 17.7 Å². The van der Waals surface area contributed by atoms with E-state index in [-0.39, 0.29) is 12.1 Å². The summed E-state index contributed by atoms with van der Waals surface area (Å²) < 4.78 is 5.68. The van der Waals surface area contributed by atoms with Crippen LogP contribution in [0.25, 0.3) is 0 Å². The van der Waals surface area contributed by atoms with Gasteiger partial charge >= 0.3 is 0 Å². The number of rotatable bonds is 4. The minimum Gasteiger partial charge on any atom is -0.383 e. The Bertz CT molecular complexity index is 416. The van der Waals surface area contributed by atoms with Gasteiger partial charge in [-0.3, -0.25) is 0 Å². The first-order valence-electron chi connectivity index (χ1n) is 6.63. The highest BCUT2D eigenvalue weighted by Gasteiger charge is 2.23. The summed E-state index contributed by atoms with van der Waals surface area (Å²) in [5.41, 5.74) is 6.82. The summed E-state index contributed by atoms with van der Waals surface area (Å²) in [5.74, 6) is 2.17. The number of nitrogens with two attached hydrogens (primary N) is 1. The Morgan fingerprint density at radius 2 is 2.28 bits per heavy atom.